The van der Waals surface area contributed by atoms with Gasteiger partial charge < -0.3 is 10.1 Å². The van der Waals surface area contributed by atoms with E-state index in [4.69, 9.17) is 10.00 Å². The van der Waals surface area contributed by atoms with Crippen molar-refractivity contribution in [2.24, 2.45) is 5.92 Å². The molecule has 0 spiro atoms. The molecule has 16 heavy (non-hydrogen) atoms. The van der Waals surface area contributed by atoms with Crippen molar-refractivity contribution in [2.45, 2.75) is 19.9 Å². The topological polar surface area (TPSA) is 65.4 Å². The Hall–Kier alpha value is -1.12. The largest absolute Gasteiger partial charge is 0.383 e. The lowest BCUT2D eigenvalue weighted by atomic mass is 10.1. The van der Waals surface area contributed by atoms with Gasteiger partial charge in [-0.3, -0.25) is 9.69 Å². The smallest absolute Gasteiger partial charge is 0.237 e. The molecule has 0 aliphatic carbocycles. The first-order valence-electron chi connectivity index (χ1n) is 5.39. The minimum absolute atomic E-state index is 0.0373. The summed E-state index contributed by atoms with van der Waals surface area (Å²) in [6.45, 7) is 5.28. The number of hydrogen-bond donors (Lipinski definition) is 1. The standard InChI is InChI=1S/C11H21N3O2/c1-9(7-12)8-14(3)10(2)11(15)13-5-6-16-4/h9-10H,5-6,8H2,1-4H3,(H,13,15). The highest BCUT2D eigenvalue weighted by Gasteiger charge is 2.18. The van der Waals surface area contributed by atoms with Gasteiger partial charge in [-0.25, -0.2) is 0 Å². The second-order valence-electron chi connectivity index (χ2n) is 3.93. The summed E-state index contributed by atoms with van der Waals surface area (Å²) in [5.74, 6) is -0.107. The maximum atomic E-state index is 11.6. The van der Waals surface area contributed by atoms with E-state index >= 15 is 0 Å². The van der Waals surface area contributed by atoms with Gasteiger partial charge in [0, 0.05) is 20.2 Å². The summed E-state index contributed by atoms with van der Waals surface area (Å²) in [5.41, 5.74) is 0. The van der Waals surface area contributed by atoms with Crippen molar-refractivity contribution < 1.29 is 9.53 Å². The van der Waals surface area contributed by atoms with Crippen molar-refractivity contribution in [3.05, 3.63) is 0 Å². The number of nitrogens with one attached hydrogen (secondary N) is 1. The zero-order valence-electron chi connectivity index (χ0n) is 10.5. The van der Waals surface area contributed by atoms with Crippen LogP contribution in [0, 0.1) is 17.2 Å². The lowest BCUT2D eigenvalue weighted by Gasteiger charge is -2.24. The number of hydrogen-bond acceptors (Lipinski definition) is 4. The number of amides is 1. The number of methoxy groups -OCH3 is 1. The molecule has 0 aromatic rings. The highest BCUT2D eigenvalue weighted by atomic mass is 16.5. The number of rotatable bonds is 7. The van der Waals surface area contributed by atoms with E-state index in [-0.39, 0.29) is 17.9 Å². The van der Waals surface area contributed by atoms with E-state index in [0.29, 0.717) is 19.7 Å². The van der Waals surface area contributed by atoms with Gasteiger partial charge in [0.2, 0.25) is 5.91 Å². The third-order valence-electron chi connectivity index (χ3n) is 2.43. The number of ether oxygens (including phenoxy) is 1. The second kappa shape index (κ2) is 8.08. The molecule has 0 heterocycles. The van der Waals surface area contributed by atoms with E-state index in [1.54, 1.807) is 7.11 Å². The molecule has 0 rings (SSSR count). The minimum Gasteiger partial charge on any atom is -0.383 e. The average molecular weight is 227 g/mol. The minimum atomic E-state index is -0.229. The Morgan fingerprint density at radius 3 is 2.69 bits per heavy atom. The van der Waals surface area contributed by atoms with E-state index < -0.39 is 0 Å². The summed E-state index contributed by atoms with van der Waals surface area (Å²) in [5, 5.41) is 11.5. The van der Waals surface area contributed by atoms with Crippen LogP contribution in [0.5, 0.6) is 0 Å². The molecule has 1 amide bonds. The summed E-state index contributed by atoms with van der Waals surface area (Å²) in [6.07, 6.45) is 0. The van der Waals surface area contributed by atoms with Crippen molar-refractivity contribution in [1.29, 1.82) is 5.26 Å². The molecule has 0 aliphatic rings. The summed E-state index contributed by atoms with van der Waals surface area (Å²) in [7, 11) is 3.44. The Bertz CT molecular complexity index is 250. The SMILES string of the molecule is COCCNC(=O)C(C)N(C)CC(C)C#N. The van der Waals surface area contributed by atoms with Gasteiger partial charge in [0.15, 0.2) is 0 Å². The molecule has 2 unspecified atom stereocenters. The monoisotopic (exact) mass is 227 g/mol. The highest BCUT2D eigenvalue weighted by molar-refractivity contribution is 5.81. The van der Waals surface area contributed by atoms with Crippen molar-refractivity contribution in [3.8, 4) is 6.07 Å². The summed E-state index contributed by atoms with van der Waals surface area (Å²) in [6, 6.07) is 1.92. The zero-order valence-corrected chi connectivity index (χ0v) is 10.5. The summed E-state index contributed by atoms with van der Waals surface area (Å²) < 4.78 is 4.84. The third kappa shape index (κ3) is 5.69. The van der Waals surface area contributed by atoms with Crippen LogP contribution in [-0.4, -0.2) is 50.7 Å². The first-order chi connectivity index (χ1) is 7.52. The Balaban J connectivity index is 3.97. The normalized spacial score (nSPS) is 14.2. The number of nitrogens with zero attached hydrogens (tertiary/aromatic N) is 2. The average Bonchev–Trinajstić information content (AvgIpc) is 2.27. The third-order valence-corrected chi connectivity index (χ3v) is 2.43. The number of likely N-dealkylation sites (N-methyl/N-ethyl adjacent to an activating group) is 1. The maximum absolute atomic E-state index is 11.6. The molecule has 5 nitrogen and oxygen atoms in total. The molecule has 1 N–H and O–H groups in total. The highest BCUT2D eigenvalue weighted by Crippen LogP contribution is 2.01. The van der Waals surface area contributed by atoms with Crippen LogP contribution in [0.25, 0.3) is 0 Å². The Labute approximate surface area is 97.4 Å². The van der Waals surface area contributed by atoms with Crippen LogP contribution in [0.15, 0.2) is 0 Å². The van der Waals surface area contributed by atoms with Crippen LogP contribution >= 0.6 is 0 Å². The van der Waals surface area contributed by atoms with E-state index in [1.165, 1.54) is 0 Å². The summed E-state index contributed by atoms with van der Waals surface area (Å²) in [4.78, 5) is 13.5. The van der Waals surface area contributed by atoms with Crippen LogP contribution in [0.1, 0.15) is 13.8 Å². The molecule has 2 atom stereocenters. The fourth-order valence-corrected chi connectivity index (χ4v) is 1.26. The Morgan fingerprint density at radius 1 is 1.56 bits per heavy atom. The predicted octanol–water partition coefficient (Wildman–Crippen LogP) is 0.229. The molecule has 0 bridgehead atoms. The number of carbonyl (C=O) groups excluding carboxylic acids is 1. The molecule has 0 radical (unpaired) electrons. The van der Waals surface area contributed by atoms with Crippen LogP contribution in [-0.2, 0) is 9.53 Å². The lowest BCUT2D eigenvalue weighted by molar-refractivity contribution is -0.125. The second-order valence-corrected chi connectivity index (χ2v) is 3.93. The van der Waals surface area contributed by atoms with Gasteiger partial charge in [-0.2, -0.15) is 5.26 Å². The summed E-state index contributed by atoms with van der Waals surface area (Å²) >= 11 is 0. The van der Waals surface area contributed by atoms with Crippen LogP contribution in [0.2, 0.25) is 0 Å². The fraction of sp³-hybridized carbons (Fsp3) is 0.818. The molecular weight excluding hydrogens is 206 g/mol. The molecule has 92 valence electrons. The van der Waals surface area contributed by atoms with Gasteiger partial charge in [0.1, 0.15) is 0 Å². The van der Waals surface area contributed by atoms with Crippen molar-refractivity contribution in [1.82, 2.24) is 10.2 Å². The first kappa shape index (κ1) is 14.9. The predicted molar refractivity (Wildman–Crippen MR) is 61.8 cm³/mol. The van der Waals surface area contributed by atoms with Gasteiger partial charge in [-0.05, 0) is 20.9 Å². The molecule has 0 aromatic carbocycles. The number of carbonyl (C=O) groups is 1. The first-order valence-corrected chi connectivity index (χ1v) is 5.39. The molecule has 0 saturated carbocycles. The number of nitriles is 1. The Kier molecular flexibility index (Phi) is 7.52. The van der Waals surface area contributed by atoms with Crippen LogP contribution in [0.4, 0.5) is 0 Å². The van der Waals surface area contributed by atoms with Gasteiger partial charge in [0.05, 0.1) is 24.6 Å². The molecular formula is C11H21N3O2. The van der Waals surface area contributed by atoms with E-state index in [0.717, 1.165) is 0 Å². The van der Waals surface area contributed by atoms with Crippen molar-refractivity contribution in [3.63, 3.8) is 0 Å². The Morgan fingerprint density at radius 2 is 2.19 bits per heavy atom. The molecule has 0 saturated heterocycles. The fourth-order valence-electron chi connectivity index (χ4n) is 1.26. The maximum Gasteiger partial charge on any atom is 0.237 e. The van der Waals surface area contributed by atoms with Crippen molar-refractivity contribution >= 4 is 5.91 Å². The van der Waals surface area contributed by atoms with E-state index in [9.17, 15) is 4.79 Å². The zero-order chi connectivity index (χ0) is 12.6. The lowest BCUT2D eigenvalue weighted by Crippen LogP contribution is -2.45. The van der Waals surface area contributed by atoms with E-state index in [1.807, 2.05) is 25.8 Å². The van der Waals surface area contributed by atoms with Gasteiger partial charge in [-0.15, -0.1) is 0 Å². The van der Waals surface area contributed by atoms with Gasteiger partial charge in [0.25, 0.3) is 0 Å². The van der Waals surface area contributed by atoms with Crippen LogP contribution < -0.4 is 5.32 Å². The van der Waals surface area contributed by atoms with E-state index in [2.05, 4.69) is 11.4 Å². The molecule has 5 heteroatoms. The van der Waals surface area contributed by atoms with Gasteiger partial charge in [-0.1, -0.05) is 0 Å². The molecule has 0 aromatic heterocycles. The van der Waals surface area contributed by atoms with Gasteiger partial charge >= 0.3 is 0 Å². The quantitative estimate of drug-likeness (QED) is 0.632. The molecule has 0 fully saturated rings. The molecule has 0 aliphatic heterocycles. The van der Waals surface area contributed by atoms with Crippen molar-refractivity contribution in [2.75, 3.05) is 33.9 Å². The van der Waals surface area contributed by atoms with Crippen LogP contribution in [0.3, 0.4) is 0 Å².